The van der Waals surface area contributed by atoms with Crippen molar-refractivity contribution in [3.8, 4) is 0 Å². The molecule has 0 amide bonds. The maximum Gasteiger partial charge on any atom is 0.0761 e. The van der Waals surface area contributed by atoms with E-state index < -0.39 is 0 Å². The van der Waals surface area contributed by atoms with Gasteiger partial charge >= 0.3 is 0 Å². The van der Waals surface area contributed by atoms with E-state index in [0.717, 1.165) is 42.0 Å². The van der Waals surface area contributed by atoms with Crippen LogP contribution < -0.4 is 0 Å². The lowest BCUT2D eigenvalue weighted by Crippen LogP contribution is -2.24. The van der Waals surface area contributed by atoms with Crippen molar-refractivity contribution in [2.75, 3.05) is 13.1 Å². The van der Waals surface area contributed by atoms with Gasteiger partial charge in [0.2, 0.25) is 0 Å². The van der Waals surface area contributed by atoms with Crippen LogP contribution in [0.5, 0.6) is 0 Å². The Morgan fingerprint density at radius 1 is 1.45 bits per heavy atom. The molecule has 1 N–H and O–H groups in total. The molecule has 2 atom stereocenters. The van der Waals surface area contributed by atoms with Crippen molar-refractivity contribution < 1.29 is 5.11 Å². The number of benzene rings is 1. The van der Waals surface area contributed by atoms with Crippen molar-refractivity contribution in [2.45, 2.75) is 26.0 Å². The first-order valence-electron chi connectivity index (χ1n) is 7.07. The van der Waals surface area contributed by atoms with E-state index in [1.165, 1.54) is 5.56 Å². The first-order chi connectivity index (χ1) is 9.65. The number of hydrogen-bond acceptors (Lipinski definition) is 3. The molecule has 20 heavy (non-hydrogen) atoms. The van der Waals surface area contributed by atoms with Crippen LogP contribution in [-0.4, -0.2) is 34.2 Å². The van der Waals surface area contributed by atoms with Gasteiger partial charge in [0.15, 0.2) is 0 Å². The molecule has 0 spiro atoms. The monoisotopic (exact) mass is 290 g/mol. The Kier molecular flexibility index (Phi) is 3.92. The number of aliphatic hydroxyl groups is 1. The largest absolute Gasteiger partial charge is 0.393 e. The van der Waals surface area contributed by atoms with Crippen molar-refractivity contribution in [3.63, 3.8) is 0 Å². The van der Waals surface area contributed by atoms with Crippen molar-refractivity contribution in [1.29, 1.82) is 0 Å². The fourth-order valence-electron chi connectivity index (χ4n) is 2.96. The SMILES string of the molecule is CC(O)C1CCN(Cc2ccc(Cl)c3cccnc23)C1. The van der Waals surface area contributed by atoms with E-state index in [-0.39, 0.29) is 6.10 Å². The molecule has 0 saturated carbocycles. The maximum absolute atomic E-state index is 9.69. The van der Waals surface area contributed by atoms with Gasteiger partial charge in [0, 0.05) is 29.7 Å². The molecule has 1 aliphatic rings. The van der Waals surface area contributed by atoms with Crippen LogP contribution in [0.2, 0.25) is 5.02 Å². The topological polar surface area (TPSA) is 36.4 Å². The number of nitrogens with zero attached hydrogens (tertiary/aromatic N) is 2. The van der Waals surface area contributed by atoms with Gasteiger partial charge in [-0.1, -0.05) is 17.7 Å². The molecule has 106 valence electrons. The van der Waals surface area contributed by atoms with Crippen LogP contribution in [-0.2, 0) is 6.54 Å². The summed E-state index contributed by atoms with van der Waals surface area (Å²) in [6.45, 7) is 4.74. The van der Waals surface area contributed by atoms with Crippen molar-refractivity contribution in [3.05, 3.63) is 41.0 Å². The van der Waals surface area contributed by atoms with Crippen LogP contribution in [0.3, 0.4) is 0 Å². The standard InChI is InChI=1S/C16H19ClN2O/c1-11(20)12-6-8-19(9-12)10-13-4-5-15(17)14-3-2-7-18-16(13)14/h2-5,7,11-12,20H,6,8-10H2,1H3. The van der Waals surface area contributed by atoms with Crippen LogP contribution in [0.1, 0.15) is 18.9 Å². The van der Waals surface area contributed by atoms with Crippen LogP contribution in [0.4, 0.5) is 0 Å². The molecule has 3 nitrogen and oxygen atoms in total. The Hall–Kier alpha value is -1.16. The molecule has 4 heteroatoms. The molecular weight excluding hydrogens is 272 g/mol. The van der Waals surface area contributed by atoms with Gasteiger partial charge in [-0.25, -0.2) is 0 Å². The lowest BCUT2D eigenvalue weighted by atomic mass is 10.0. The van der Waals surface area contributed by atoms with Gasteiger partial charge in [-0.15, -0.1) is 0 Å². The molecule has 3 rings (SSSR count). The van der Waals surface area contributed by atoms with Crippen molar-refractivity contribution in [2.24, 2.45) is 5.92 Å². The molecule has 0 radical (unpaired) electrons. The smallest absolute Gasteiger partial charge is 0.0761 e. The van der Waals surface area contributed by atoms with E-state index >= 15 is 0 Å². The fourth-order valence-corrected chi connectivity index (χ4v) is 3.18. The summed E-state index contributed by atoms with van der Waals surface area (Å²) < 4.78 is 0. The van der Waals surface area contributed by atoms with Crippen molar-refractivity contribution in [1.82, 2.24) is 9.88 Å². The number of likely N-dealkylation sites (tertiary alicyclic amines) is 1. The zero-order valence-electron chi connectivity index (χ0n) is 11.6. The first-order valence-corrected chi connectivity index (χ1v) is 7.45. The number of aliphatic hydroxyl groups excluding tert-OH is 1. The normalized spacial score (nSPS) is 21.4. The minimum Gasteiger partial charge on any atom is -0.393 e. The maximum atomic E-state index is 9.69. The molecule has 0 aliphatic carbocycles. The van der Waals surface area contributed by atoms with E-state index in [1.807, 2.05) is 31.3 Å². The van der Waals surface area contributed by atoms with E-state index in [2.05, 4.69) is 16.0 Å². The number of rotatable bonds is 3. The van der Waals surface area contributed by atoms with E-state index in [4.69, 9.17) is 11.6 Å². The minimum absolute atomic E-state index is 0.222. The summed E-state index contributed by atoms with van der Waals surface area (Å²) in [6.07, 6.45) is 2.65. The Morgan fingerprint density at radius 3 is 3.05 bits per heavy atom. The third-order valence-corrected chi connectivity index (χ3v) is 4.51. The van der Waals surface area contributed by atoms with Gasteiger partial charge in [-0.2, -0.15) is 0 Å². The Labute approximate surface area is 124 Å². The molecule has 1 fully saturated rings. The predicted octanol–water partition coefficient (Wildman–Crippen LogP) is 3.09. The average Bonchev–Trinajstić information content (AvgIpc) is 2.91. The molecule has 1 aromatic heterocycles. The number of fused-ring (bicyclic) bond motifs is 1. The van der Waals surface area contributed by atoms with Crippen molar-refractivity contribution >= 4 is 22.5 Å². The zero-order chi connectivity index (χ0) is 14.1. The number of pyridine rings is 1. The summed E-state index contributed by atoms with van der Waals surface area (Å²) >= 11 is 6.22. The second-order valence-electron chi connectivity index (χ2n) is 5.63. The highest BCUT2D eigenvalue weighted by Crippen LogP contribution is 2.27. The molecule has 0 bridgehead atoms. The third-order valence-electron chi connectivity index (χ3n) is 4.19. The lowest BCUT2D eigenvalue weighted by Gasteiger charge is -2.18. The van der Waals surface area contributed by atoms with Gasteiger partial charge in [0.1, 0.15) is 0 Å². The predicted molar refractivity (Wildman–Crippen MR) is 81.8 cm³/mol. The Bertz CT molecular complexity index is 614. The van der Waals surface area contributed by atoms with Crippen LogP contribution in [0.15, 0.2) is 30.5 Å². The molecule has 2 aromatic rings. The van der Waals surface area contributed by atoms with Gasteiger partial charge in [0.25, 0.3) is 0 Å². The van der Waals surface area contributed by atoms with Gasteiger partial charge in [-0.3, -0.25) is 9.88 Å². The number of halogens is 1. The highest BCUT2D eigenvalue weighted by atomic mass is 35.5. The summed E-state index contributed by atoms with van der Waals surface area (Å²) in [6, 6.07) is 7.94. The summed E-state index contributed by atoms with van der Waals surface area (Å²) in [5.74, 6) is 0.390. The molecule has 1 saturated heterocycles. The van der Waals surface area contributed by atoms with E-state index in [9.17, 15) is 5.11 Å². The van der Waals surface area contributed by atoms with Crippen LogP contribution in [0, 0.1) is 5.92 Å². The highest BCUT2D eigenvalue weighted by molar-refractivity contribution is 6.35. The summed E-state index contributed by atoms with van der Waals surface area (Å²) in [4.78, 5) is 6.86. The third kappa shape index (κ3) is 2.66. The molecular formula is C16H19ClN2O. The lowest BCUT2D eigenvalue weighted by molar-refractivity contribution is 0.127. The first kappa shape index (κ1) is 13.8. The summed E-state index contributed by atoms with van der Waals surface area (Å²) in [5, 5.41) is 11.4. The fraction of sp³-hybridized carbons (Fsp3) is 0.438. The summed E-state index contributed by atoms with van der Waals surface area (Å²) in [5.41, 5.74) is 2.19. The van der Waals surface area contributed by atoms with Gasteiger partial charge in [0.05, 0.1) is 11.6 Å². The quantitative estimate of drug-likeness (QED) is 0.944. The van der Waals surface area contributed by atoms with E-state index in [0.29, 0.717) is 5.92 Å². The molecule has 2 heterocycles. The Morgan fingerprint density at radius 2 is 2.30 bits per heavy atom. The molecule has 1 aromatic carbocycles. The second kappa shape index (κ2) is 5.68. The van der Waals surface area contributed by atoms with Crippen LogP contribution in [0.25, 0.3) is 10.9 Å². The highest BCUT2D eigenvalue weighted by Gasteiger charge is 2.26. The van der Waals surface area contributed by atoms with Gasteiger partial charge < -0.3 is 5.11 Å². The minimum atomic E-state index is -0.222. The second-order valence-corrected chi connectivity index (χ2v) is 6.04. The molecule has 1 aliphatic heterocycles. The average molecular weight is 291 g/mol. The Balaban J connectivity index is 1.84. The van der Waals surface area contributed by atoms with Gasteiger partial charge in [-0.05, 0) is 49.6 Å². The number of hydrogen-bond donors (Lipinski definition) is 1. The number of aromatic nitrogens is 1. The van der Waals surface area contributed by atoms with Crippen LogP contribution >= 0.6 is 11.6 Å². The zero-order valence-corrected chi connectivity index (χ0v) is 12.3. The molecule has 2 unspecified atom stereocenters. The summed E-state index contributed by atoms with van der Waals surface area (Å²) in [7, 11) is 0. The van der Waals surface area contributed by atoms with E-state index in [1.54, 1.807) is 0 Å².